The zero-order chi connectivity index (χ0) is 20.5. The molecule has 1 aromatic carbocycles. The molecular weight excluding hydrogens is 360 g/mol. The number of nitrogens with one attached hydrogen (secondary N) is 2. The molecule has 162 valence electrons. The van der Waals surface area contributed by atoms with Crippen molar-refractivity contribution in [1.82, 2.24) is 25.3 Å². The number of rotatable bonds is 7. The Morgan fingerprint density at radius 3 is 2.41 bits per heavy atom. The number of piperidine rings is 1. The molecule has 2 saturated heterocycles. The van der Waals surface area contributed by atoms with Crippen molar-refractivity contribution in [2.75, 3.05) is 59.4 Å². The average molecular weight is 401 g/mol. The van der Waals surface area contributed by atoms with E-state index >= 15 is 0 Å². The van der Waals surface area contributed by atoms with Crippen molar-refractivity contribution in [3.8, 4) is 0 Å². The number of nitrogens with zero attached hydrogens (tertiary/aromatic N) is 4. The second kappa shape index (κ2) is 11.5. The molecule has 1 aromatic rings. The number of piperazine rings is 1. The van der Waals surface area contributed by atoms with Crippen LogP contribution in [0.3, 0.4) is 0 Å². The molecule has 0 aliphatic carbocycles. The highest BCUT2D eigenvalue weighted by atomic mass is 15.3. The summed E-state index contributed by atoms with van der Waals surface area (Å²) < 4.78 is 0. The highest BCUT2D eigenvalue weighted by Gasteiger charge is 2.21. The van der Waals surface area contributed by atoms with E-state index in [1.807, 2.05) is 0 Å². The topological polar surface area (TPSA) is 46.1 Å². The fourth-order valence-corrected chi connectivity index (χ4v) is 4.19. The molecule has 0 aromatic heterocycles. The van der Waals surface area contributed by atoms with E-state index in [-0.39, 0.29) is 0 Å². The van der Waals surface area contributed by atoms with E-state index in [1.165, 1.54) is 18.4 Å². The number of aliphatic imine (C=N–C) groups is 1. The van der Waals surface area contributed by atoms with Gasteiger partial charge in [-0.25, -0.2) is 0 Å². The van der Waals surface area contributed by atoms with Crippen LogP contribution in [-0.2, 0) is 6.54 Å². The van der Waals surface area contributed by atoms with Crippen LogP contribution in [-0.4, -0.2) is 92.1 Å². The minimum absolute atomic E-state index is 0.492. The molecule has 1 unspecified atom stereocenters. The number of guanidine groups is 1. The summed E-state index contributed by atoms with van der Waals surface area (Å²) in [6.45, 7) is 14.2. The summed E-state index contributed by atoms with van der Waals surface area (Å²) >= 11 is 0. The van der Waals surface area contributed by atoms with E-state index < -0.39 is 0 Å². The maximum atomic E-state index is 4.91. The van der Waals surface area contributed by atoms with Gasteiger partial charge in [0.15, 0.2) is 5.96 Å². The van der Waals surface area contributed by atoms with Gasteiger partial charge >= 0.3 is 0 Å². The molecule has 2 aliphatic heterocycles. The van der Waals surface area contributed by atoms with Gasteiger partial charge in [-0.15, -0.1) is 0 Å². The van der Waals surface area contributed by atoms with E-state index in [9.17, 15) is 0 Å². The van der Waals surface area contributed by atoms with Gasteiger partial charge in [-0.3, -0.25) is 14.8 Å². The normalized spacial score (nSPS) is 21.8. The number of likely N-dealkylation sites (tertiary alicyclic amines) is 1. The lowest BCUT2D eigenvalue weighted by Crippen LogP contribution is -2.50. The van der Waals surface area contributed by atoms with Crippen LogP contribution in [0.1, 0.15) is 32.3 Å². The molecular formula is C23H40N6. The van der Waals surface area contributed by atoms with Crippen LogP contribution in [0.25, 0.3) is 0 Å². The Labute approximate surface area is 177 Å². The molecule has 0 bridgehead atoms. The lowest BCUT2D eigenvalue weighted by Gasteiger charge is -2.36. The summed E-state index contributed by atoms with van der Waals surface area (Å²) in [5.74, 6) is 0.981. The predicted molar refractivity (Wildman–Crippen MR) is 122 cm³/mol. The van der Waals surface area contributed by atoms with Crippen molar-refractivity contribution in [1.29, 1.82) is 0 Å². The van der Waals surface area contributed by atoms with Crippen LogP contribution >= 0.6 is 0 Å². The molecule has 6 nitrogen and oxygen atoms in total. The summed E-state index contributed by atoms with van der Waals surface area (Å²) in [7, 11) is 2.21. The van der Waals surface area contributed by atoms with Gasteiger partial charge in [-0.05, 0) is 39.3 Å². The standard InChI is InChI=1S/C23H40N6/c1-4-24-23(25-18-20(2)29-16-14-27(3)15-17-29)26-22-10-12-28(13-11-22)19-21-8-6-5-7-9-21/h5-9,20,22H,4,10-19H2,1-3H3,(H2,24,25,26). The largest absolute Gasteiger partial charge is 0.357 e. The van der Waals surface area contributed by atoms with E-state index in [2.05, 4.69) is 76.6 Å². The van der Waals surface area contributed by atoms with Crippen LogP contribution in [0.5, 0.6) is 0 Å². The smallest absolute Gasteiger partial charge is 0.191 e. The molecule has 6 heteroatoms. The van der Waals surface area contributed by atoms with Gasteiger partial charge in [0, 0.05) is 64.4 Å². The molecule has 0 amide bonds. The SMILES string of the molecule is CCNC(=NCC(C)N1CCN(C)CC1)NC1CCN(Cc2ccccc2)CC1. The third-order valence-electron chi connectivity index (χ3n) is 6.20. The summed E-state index contributed by atoms with van der Waals surface area (Å²) in [4.78, 5) is 12.4. The van der Waals surface area contributed by atoms with Gasteiger partial charge in [0.05, 0.1) is 6.54 Å². The Morgan fingerprint density at radius 1 is 1.07 bits per heavy atom. The van der Waals surface area contributed by atoms with Crippen LogP contribution in [0, 0.1) is 0 Å². The number of likely N-dealkylation sites (N-methyl/N-ethyl adjacent to an activating group) is 1. The highest BCUT2D eigenvalue weighted by Crippen LogP contribution is 2.14. The Bertz CT molecular complexity index is 603. The lowest BCUT2D eigenvalue weighted by molar-refractivity contribution is 0.122. The molecule has 1 atom stereocenters. The monoisotopic (exact) mass is 400 g/mol. The molecule has 29 heavy (non-hydrogen) atoms. The van der Waals surface area contributed by atoms with Crippen LogP contribution in [0.2, 0.25) is 0 Å². The summed E-state index contributed by atoms with van der Waals surface area (Å²) in [6, 6.07) is 11.8. The Kier molecular flexibility index (Phi) is 8.77. The molecule has 3 rings (SSSR count). The number of hydrogen-bond donors (Lipinski definition) is 2. The lowest BCUT2D eigenvalue weighted by atomic mass is 10.0. The van der Waals surface area contributed by atoms with Crippen molar-refractivity contribution in [3.05, 3.63) is 35.9 Å². The maximum absolute atomic E-state index is 4.91. The van der Waals surface area contributed by atoms with E-state index in [1.54, 1.807) is 0 Å². The second-order valence-electron chi connectivity index (χ2n) is 8.59. The Hall–Kier alpha value is -1.63. The minimum atomic E-state index is 0.492. The van der Waals surface area contributed by atoms with Gasteiger partial charge in [0.25, 0.3) is 0 Å². The summed E-state index contributed by atoms with van der Waals surface area (Å²) in [5.41, 5.74) is 1.41. The van der Waals surface area contributed by atoms with Gasteiger partial charge in [-0.1, -0.05) is 30.3 Å². The van der Waals surface area contributed by atoms with Crippen LogP contribution in [0.15, 0.2) is 35.3 Å². The van der Waals surface area contributed by atoms with E-state index in [0.29, 0.717) is 12.1 Å². The van der Waals surface area contributed by atoms with Crippen LogP contribution < -0.4 is 10.6 Å². The zero-order valence-corrected chi connectivity index (χ0v) is 18.6. The average Bonchev–Trinajstić information content (AvgIpc) is 2.74. The van der Waals surface area contributed by atoms with E-state index in [4.69, 9.17) is 4.99 Å². The molecule has 0 radical (unpaired) electrons. The first-order valence-electron chi connectivity index (χ1n) is 11.4. The minimum Gasteiger partial charge on any atom is -0.357 e. The van der Waals surface area contributed by atoms with Crippen LogP contribution in [0.4, 0.5) is 0 Å². The molecule has 2 aliphatic rings. The third-order valence-corrected chi connectivity index (χ3v) is 6.20. The number of benzene rings is 1. The van der Waals surface area contributed by atoms with Crippen molar-refractivity contribution in [2.45, 2.75) is 45.3 Å². The van der Waals surface area contributed by atoms with Gasteiger partial charge in [0.1, 0.15) is 0 Å². The van der Waals surface area contributed by atoms with Gasteiger partial charge in [-0.2, -0.15) is 0 Å². The van der Waals surface area contributed by atoms with Gasteiger partial charge in [0.2, 0.25) is 0 Å². The Morgan fingerprint density at radius 2 is 1.76 bits per heavy atom. The third kappa shape index (κ3) is 7.28. The first-order chi connectivity index (χ1) is 14.1. The first-order valence-corrected chi connectivity index (χ1v) is 11.4. The fraction of sp³-hybridized carbons (Fsp3) is 0.696. The molecule has 0 spiro atoms. The molecule has 2 N–H and O–H groups in total. The van der Waals surface area contributed by atoms with E-state index in [0.717, 1.165) is 64.9 Å². The molecule has 0 saturated carbocycles. The maximum Gasteiger partial charge on any atom is 0.191 e. The highest BCUT2D eigenvalue weighted by molar-refractivity contribution is 5.80. The molecule has 2 fully saturated rings. The zero-order valence-electron chi connectivity index (χ0n) is 18.6. The molecule has 2 heterocycles. The first kappa shape index (κ1) is 22.1. The Balaban J connectivity index is 1.43. The fourth-order valence-electron chi connectivity index (χ4n) is 4.19. The number of hydrogen-bond acceptors (Lipinski definition) is 4. The van der Waals surface area contributed by atoms with Gasteiger partial charge < -0.3 is 15.5 Å². The predicted octanol–water partition coefficient (Wildman–Crippen LogP) is 1.84. The van der Waals surface area contributed by atoms with Crippen molar-refractivity contribution >= 4 is 5.96 Å². The van der Waals surface area contributed by atoms with Crippen molar-refractivity contribution in [3.63, 3.8) is 0 Å². The summed E-state index contributed by atoms with van der Waals surface area (Å²) in [6.07, 6.45) is 2.34. The van der Waals surface area contributed by atoms with Crippen molar-refractivity contribution in [2.24, 2.45) is 4.99 Å². The second-order valence-corrected chi connectivity index (χ2v) is 8.59. The van der Waals surface area contributed by atoms with Crippen molar-refractivity contribution < 1.29 is 0 Å². The quantitative estimate of drug-likeness (QED) is 0.540. The summed E-state index contributed by atoms with van der Waals surface area (Å²) in [5, 5.41) is 7.14.